The van der Waals surface area contributed by atoms with Crippen molar-refractivity contribution in [1.82, 2.24) is 4.98 Å². The summed E-state index contributed by atoms with van der Waals surface area (Å²) in [5.74, 6) is -3.51. The van der Waals surface area contributed by atoms with E-state index in [1.54, 1.807) is 13.2 Å². The Morgan fingerprint density at radius 3 is 2.70 bits per heavy atom. The van der Waals surface area contributed by atoms with Crippen LogP contribution in [-0.2, 0) is 9.53 Å². The molecule has 1 aromatic carbocycles. The molecule has 2 N–H and O–H groups in total. The fraction of sp³-hybridized carbons (Fsp3) is 0.286. The van der Waals surface area contributed by atoms with Crippen LogP contribution in [0.4, 0.5) is 4.39 Å². The van der Waals surface area contributed by atoms with Crippen molar-refractivity contribution in [2.45, 2.75) is 18.6 Å². The number of amides is 1. The monoisotopic (exact) mass is 340 g/mol. The number of halogens is 1. The molecule has 0 bridgehead atoms. The van der Waals surface area contributed by atoms with Gasteiger partial charge in [0.15, 0.2) is 11.4 Å². The molecule has 0 saturated heterocycles. The second kappa shape index (κ2) is 6.78. The summed E-state index contributed by atoms with van der Waals surface area (Å²) in [4.78, 5) is 39.0. The normalized spacial score (nSPS) is 10.7. The van der Waals surface area contributed by atoms with Gasteiger partial charge < -0.3 is 14.9 Å². The maximum Gasteiger partial charge on any atom is 0.313 e. The molecule has 2 aromatic rings. The van der Waals surface area contributed by atoms with E-state index in [0.717, 1.165) is 17.8 Å². The van der Waals surface area contributed by atoms with Crippen molar-refractivity contribution in [3.05, 3.63) is 23.0 Å². The number of oxazole rings is 1. The smallest absolute Gasteiger partial charge is 0.313 e. The summed E-state index contributed by atoms with van der Waals surface area (Å²) in [5, 5.41) is 0.137. The van der Waals surface area contributed by atoms with Crippen LogP contribution in [0.5, 0.6) is 0 Å². The zero-order valence-corrected chi connectivity index (χ0v) is 13.2. The molecule has 1 aromatic heterocycles. The first-order valence-corrected chi connectivity index (χ1v) is 7.77. The summed E-state index contributed by atoms with van der Waals surface area (Å²) in [6, 6.07) is 0.804. The number of carbonyl (C=O) groups is 3. The molecule has 2 rings (SSSR count). The Labute approximate surface area is 134 Å². The van der Waals surface area contributed by atoms with Gasteiger partial charge in [-0.2, -0.15) is 0 Å². The molecule has 0 aliphatic rings. The average molecular weight is 340 g/mol. The van der Waals surface area contributed by atoms with Gasteiger partial charge in [0.1, 0.15) is 17.8 Å². The van der Waals surface area contributed by atoms with Gasteiger partial charge in [0.25, 0.3) is 11.1 Å². The van der Waals surface area contributed by atoms with Gasteiger partial charge in [-0.3, -0.25) is 14.4 Å². The van der Waals surface area contributed by atoms with Crippen molar-refractivity contribution in [1.29, 1.82) is 0 Å². The van der Waals surface area contributed by atoms with Crippen LogP contribution < -0.4 is 5.73 Å². The van der Waals surface area contributed by atoms with Crippen LogP contribution in [0.2, 0.25) is 0 Å². The van der Waals surface area contributed by atoms with Gasteiger partial charge in [0, 0.05) is 0 Å². The van der Waals surface area contributed by atoms with Crippen LogP contribution in [-0.4, -0.2) is 35.5 Å². The van der Waals surface area contributed by atoms with Gasteiger partial charge in [-0.15, -0.1) is 0 Å². The number of hydrogen-bond donors (Lipinski definition) is 1. The van der Waals surface area contributed by atoms with E-state index in [-0.39, 0.29) is 28.5 Å². The Bertz CT molecular complexity index is 802. The lowest BCUT2D eigenvalue weighted by molar-refractivity contribution is -0.141. The minimum atomic E-state index is -0.999. The lowest BCUT2D eigenvalue weighted by Gasteiger charge is -2.05. The van der Waals surface area contributed by atoms with Gasteiger partial charge in [0.05, 0.1) is 17.7 Å². The van der Waals surface area contributed by atoms with E-state index in [4.69, 9.17) is 10.2 Å². The molecule has 1 heterocycles. The third-order valence-corrected chi connectivity index (χ3v) is 3.45. The number of ether oxygens (including phenoxy) is 1. The third kappa shape index (κ3) is 3.34. The Morgan fingerprint density at radius 2 is 2.13 bits per heavy atom. The SMILES string of the molecule is CCOC(=O)CC(=O)c1c(F)cc(C(N)=O)c2oc(SC)nc12. The summed E-state index contributed by atoms with van der Waals surface area (Å²) < 4.78 is 24.3. The van der Waals surface area contributed by atoms with Gasteiger partial charge in [-0.25, -0.2) is 9.37 Å². The standard InChI is InChI=1S/C14H13FN2O5S/c1-3-21-9(19)5-8(18)10-7(15)4-6(13(16)20)12-11(10)17-14(22-12)23-2/h4H,3,5H2,1-2H3,(H2,16,20). The molecule has 0 fully saturated rings. The molecular formula is C14H13FN2O5S. The van der Waals surface area contributed by atoms with Gasteiger partial charge in [0.2, 0.25) is 0 Å². The summed E-state index contributed by atoms with van der Waals surface area (Å²) in [5.41, 5.74) is 4.31. The topological polar surface area (TPSA) is 112 Å². The maximum atomic E-state index is 14.3. The number of ketones is 1. The number of primary amides is 1. The van der Waals surface area contributed by atoms with Crippen molar-refractivity contribution < 1.29 is 27.9 Å². The van der Waals surface area contributed by atoms with Crippen LogP contribution in [0.15, 0.2) is 15.7 Å². The largest absolute Gasteiger partial charge is 0.466 e. The molecule has 1 amide bonds. The molecule has 23 heavy (non-hydrogen) atoms. The first-order chi connectivity index (χ1) is 10.9. The molecule has 122 valence electrons. The predicted octanol–water partition coefficient (Wildman–Crippen LogP) is 1.92. The maximum absolute atomic E-state index is 14.3. The van der Waals surface area contributed by atoms with Gasteiger partial charge in [-0.05, 0) is 19.2 Å². The summed E-state index contributed by atoms with van der Waals surface area (Å²) in [6.45, 7) is 1.69. The Morgan fingerprint density at radius 1 is 1.43 bits per heavy atom. The third-order valence-electron chi connectivity index (χ3n) is 2.93. The highest BCUT2D eigenvalue weighted by Gasteiger charge is 2.26. The zero-order chi connectivity index (χ0) is 17.1. The van der Waals surface area contributed by atoms with Crippen LogP contribution in [0.3, 0.4) is 0 Å². The molecule has 0 atom stereocenters. The second-order valence-corrected chi connectivity index (χ2v) is 5.17. The molecule has 0 unspecified atom stereocenters. The highest BCUT2D eigenvalue weighted by Crippen LogP contribution is 2.30. The van der Waals surface area contributed by atoms with Crippen LogP contribution in [0.1, 0.15) is 34.1 Å². The molecule has 0 spiro atoms. The summed E-state index contributed by atoms with van der Waals surface area (Å²) in [7, 11) is 0. The second-order valence-electron chi connectivity index (χ2n) is 4.41. The number of carbonyl (C=O) groups excluding carboxylic acids is 3. The number of nitrogens with zero attached hydrogens (tertiary/aromatic N) is 1. The quantitative estimate of drug-likeness (QED) is 0.370. The van der Waals surface area contributed by atoms with E-state index in [9.17, 15) is 18.8 Å². The van der Waals surface area contributed by atoms with Gasteiger partial charge >= 0.3 is 5.97 Å². The van der Waals surface area contributed by atoms with Crippen molar-refractivity contribution in [2.24, 2.45) is 5.73 Å². The van der Waals surface area contributed by atoms with E-state index >= 15 is 0 Å². The number of benzene rings is 1. The van der Waals surface area contributed by atoms with Crippen molar-refractivity contribution in [2.75, 3.05) is 12.9 Å². The van der Waals surface area contributed by atoms with Gasteiger partial charge in [-0.1, -0.05) is 11.8 Å². The molecule has 0 radical (unpaired) electrons. The van der Waals surface area contributed by atoms with E-state index < -0.39 is 35.5 Å². The Hall–Kier alpha value is -2.42. The number of nitrogens with two attached hydrogens (primary N) is 1. The molecule has 0 aliphatic carbocycles. The Balaban J connectivity index is 2.59. The first kappa shape index (κ1) is 16.9. The Kier molecular flexibility index (Phi) is 4.99. The number of esters is 1. The van der Waals surface area contributed by atoms with Crippen molar-refractivity contribution in [3.63, 3.8) is 0 Å². The molecular weight excluding hydrogens is 327 g/mol. The molecule has 9 heteroatoms. The van der Waals surface area contributed by atoms with Crippen LogP contribution in [0, 0.1) is 5.82 Å². The zero-order valence-electron chi connectivity index (χ0n) is 12.3. The highest BCUT2D eigenvalue weighted by molar-refractivity contribution is 7.98. The minimum Gasteiger partial charge on any atom is -0.466 e. The van der Waals surface area contributed by atoms with Crippen molar-refractivity contribution >= 4 is 40.5 Å². The van der Waals surface area contributed by atoms with Crippen LogP contribution >= 0.6 is 11.8 Å². The first-order valence-electron chi connectivity index (χ1n) is 6.54. The molecule has 7 nitrogen and oxygen atoms in total. The fourth-order valence-electron chi connectivity index (χ4n) is 2.00. The minimum absolute atomic E-state index is 0.0875. The molecule has 0 saturated carbocycles. The lowest BCUT2D eigenvalue weighted by Crippen LogP contribution is -2.16. The van der Waals surface area contributed by atoms with Crippen LogP contribution in [0.25, 0.3) is 11.1 Å². The van der Waals surface area contributed by atoms with E-state index in [0.29, 0.717) is 0 Å². The van der Waals surface area contributed by atoms with E-state index in [1.807, 2.05) is 0 Å². The lowest BCUT2D eigenvalue weighted by atomic mass is 10.0. The number of thioether (sulfide) groups is 1. The fourth-order valence-corrected chi connectivity index (χ4v) is 2.35. The average Bonchev–Trinajstić information content (AvgIpc) is 2.89. The highest BCUT2D eigenvalue weighted by atomic mass is 32.2. The van der Waals surface area contributed by atoms with Crippen molar-refractivity contribution in [3.8, 4) is 0 Å². The van der Waals surface area contributed by atoms with E-state index in [1.165, 1.54) is 0 Å². The number of aromatic nitrogens is 1. The number of Topliss-reactive ketones (excluding diaryl/α,β-unsaturated/α-hetero) is 1. The molecule has 0 aliphatic heterocycles. The number of fused-ring (bicyclic) bond motifs is 1. The number of hydrogen-bond acceptors (Lipinski definition) is 7. The predicted molar refractivity (Wildman–Crippen MR) is 79.8 cm³/mol. The summed E-state index contributed by atoms with van der Waals surface area (Å²) in [6.07, 6.45) is 1.02. The number of rotatable bonds is 6. The van der Waals surface area contributed by atoms with E-state index in [2.05, 4.69) is 9.72 Å². The summed E-state index contributed by atoms with van der Waals surface area (Å²) >= 11 is 1.11.